The molecule has 234 valence electrons. The van der Waals surface area contributed by atoms with Gasteiger partial charge in [-0.15, -0.1) is 0 Å². The van der Waals surface area contributed by atoms with Crippen LogP contribution in [0, 0.1) is 0 Å². The van der Waals surface area contributed by atoms with E-state index in [1.54, 1.807) is 0 Å². The van der Waals surface area contributed by atoms with Gasteiger partial charge in [0.1, 0.15) is 11.2 Å². The van der Waals surface area contributed by atoms with E-state index in [2.05, 4.69) is 88.4 Å². The van der Waals surface area contributed by atoms with Gasteiger partial charge in [-0.05, 0) is 48.0 Å². The second-order valence-corrected chi connectivity index (χ2v) is 12.1. The zero-order valence-corrected chi connectivity index (χ0v) is 26.5. The van der Waals surface area contributed by atoms with E-state index < -0.39 is 18.1 Å². The van der Waals surface area contributed by atoms with E-state index in [9.17, 15) is 0 Å². The molecule has 0 aliphatic heterocycles. The summed E-state index contributed by atoms with van der Waals surface area (Å²) in [5, 5.41) is 4.20. The number of aromatic nitrogens is 4. The van der Waals surface area contributed by atoms with Gasteiger partial charge in [0.15, 0.2) is 17.5 Å². The molecule has 0 saturated heterocycles. The Hall–Kier alpha value is -6.85. The smallest absolute Gasteiger partial charge is 0.164 e. The molecular formula is C45H28N4O. The number of furan rings is 1. The average molecular weight is 646 g/mol. The number of hydrogen-bond donors (Lipinski definition) is 0. The Bertz CT molecular complexity index is 3130. The predicted molar refractivity (Wildman–Crippen MR) is 203 cm³/mol. The van der Waals surface area contributed by atoms with Gasteiger partial charge in [0.25, 0.3) is 0 Å². The fourth-order valence-corrected chi connectivity index (χ4v) is 6.86. The maximum absolute atomic E-state index is 8.62. The van der Waals surface area contributed by atoms with Crippen molar-refractivity contribution in [3.63, 3.8) is 0 Å². The average Bonchev–Trinajstić information content (AvgIpc) is 3.78. The third-order valence-corrected chi connectivity index (χ3v) is 9.15. The molecule has 0 radical (unpaired) electrons. The molecule has 0 bridgehead atoms. The van der Waals surface area contributed by atoms with Crippen LogP contribution < -0.4 is 0 Å². The maximum Gasteiger partial charge on any atom is 0.164 e. The normalized spacial score (nSPS) is 13.0. The van der Waals surface area contributed by atoms with Gasteiger partial charge in [0.2, 0.25) is 0 Å². The van der Waals surface area contributed by atoms with Crippen molar-refractivity contribution in [2.24, 2.45) is 0 Å². The highest BCUT2D eigenvalue weighted by molar-refractivity contribution is 6.13. The molecule has 7 aromatic carbocycles. The van der Waals surface area contributed by atoms with Crippen molar-refractivity contribution in [1.29, 1.82) is 0 Å². The summed E-state index contributed by atoms with van der Waals surface area (Å²) in [4.78, 5) is 14.1. The van der Waals surface area contributed by atoms with E-state index in [0.29, 0.717) is 22.5 Å². The van der Waals surface area contributed by atoms with Crippen LogP contribution in [0.4, 0.5) is 0 Å². The molecule has 0 spiro atoms. The van der Waals surface area contributed by atoms with E-state index in [1.165, 1.54) is 5.39 Å². The summed E-state index contributed by atoms with van der Waals surface area (Å²) in [7, 11) is 0. The fourth-order valence-electron chi connectivity index (χ4n) is 6.86. The number of rotatable bonds is 5. The highest BCUT2D eigenvalue weighted by atomic mass is 16.3. The van der Waals surface area contributed by atoms with Crippen molar-refractivity contribution in [1.82, 2.24) is 19.5 Å². The van der Waals surface area contributed by atoms with Gasteiger partial charge in [0.05, 0.1) is 17.9 Å². The molecule has 0 aliphatic carbocycles. The second-order valence-electron chi connectivity index (χ2n) is 12.1. The number of benzene rings is 7. The van der Waals surface area contributed by atoms with Crippen LogP contribution in [0.15, 0.2) is 174 Å². The molecule has 0 unspecified atom stereocenters. The molecular weight excluding hydrogens is 613 g/mol. The number of para-hydroxylation sites is 3. The first-order chi connectivity index (χ1) is 26.9. The monoisotopic (exact) mass is 645 g/mol. The van der Waals surface area contributed by atoms with Crippen LogP contribution in [0.5, 0.6) is 0 Å². The standard InChI is InChI=1S/C45H28N4O/c1-4-13-29(14-5-1)43-46-44(30-15-6-2-7-16-30)48-45(47-43)32-23-25-36-37-21-12-20-34(42(37)50-41(36)28-32)31-24-26-40-38(27-31)35-19-10-11-22-39(35)49(40)33-17-8-3-9-18-33/h1-28H/i1D,4D,5D,13D,14D. The lowest BCUT2D eigenvalue weighted by atomic mass is 10.00. The minimum Gasteiger partial charge on any atom is -0.455 e. The Morgan fingerprint density at radius 2 is 1.12 bits per heavy atom. The van der Waals surface area contributed by atoms with Gasteiger partial charge in [-0.1, -0.05) is 127 Å². The number of nitrogens with zero attached hydrogens (tertiary/aromatic N) is 4. The van der Waals surface area contributed by atoms with Crippen LogP contribution >= 0.6 is 0 Å². The fraction of sp³-hybridized carbons (Fsp3) is 0. The first kappa shape index (κ1) is 23.5. The van der Waals surface area contributed by atoms with E-state index in [4.69, 9.17) is 21.2 Å². The van der Waals surface area contributed by atoms with Crippen LogP contribution in [0.1, 0.15) is 6.85 Å². The molecule has 10 aromatic rings. The summed E-state index contributed by atoms with van der Waals surface area (Å²) in [6, 6.07) is 44.5. The quantitative estimate of drug-likeness (QED) is 0.187. The topological polar surface area (TPSA) is 56.7 Å². The molecule has 5 nitrogen and oxygen atoms in total. The third kappa shape index (κ3) is 4.60. The van der Waals surface area contributed by atoms with Crippen molar-refractivity contribution in [2.75, 3.05) is 0 Å². The highest BCUT2D eigenvalue weighted by Crippen LogP contribution is 2.40. The van der Waals surface area contributed by atoms with Crippen LogP contribution in [-0.4, -0.2) is 19.5 Å². The predicted octanol–water partition coefficient (Wildman–Crippen LogP) is 11.5. The molecule has 3 aromatic heterocycles. The van der Waals surface area contributed by atoms with Crippen LogP contribution in [0.3, 0.4) is 0 Å². The Morgan fingerprint density at radius 1 is 0.460 bits per heavy atom. The van der Waals surface area contributed by atoms with Crippen molar-refractivity contribution < 1.29 is 11.3 Å². The summed E-state index contributed by atoms with van der Waals surface area (Å²) >= 11 is 0. The summed E-state index contributed by atoms with van der Waals surface area (Å²) in [6.45, 7) is 0. The third-order valence-electron chi connectivity index (χ3n) is 9.15. The number of hydrogen-bond acceptors (Lipinski definition) is 4. The van der Waals surface area contributed by atoms with Gasteiger partial charge in [0, 0.05) is 49.5 Å². The van der Waals surface area contributed by atoms with Crippen LogP contribution in [0.2, 0.25) is 0 Å². The van der Waals surface area contributed by atoms with Crippen molar-refractivity contribution >= 4 is 43.7 Å². The largest absolute Gasteiger partial charge is 0.455 e. The Kier molecular flexibility index (Phi) is 5.35. The zero-order valence-electron chi connectivity index (χ0n) is 31.5. The van der Waals surface area contributed by atoms with Gasteiger partial charge >= 0.3 is 0 Å². The summed E-state index contributed by atoms with van der Waals surface area (Å²) < 4.78 is 50.8. The molecule has 0 amide bonds. The molecule has 50 heavy (non-hydrogen) atoms. The molecule has 5 heteroatoms. The van der Waals surface area contributed by atoms with E-state index in [-0.39, 0.29) is 29.3 Å². The second kappa shape index (κ2) is 11.4. The Balaban J connectivity index is 1.13. The van der Waals surface area contributed by atoms with Crippen LogP contribution in [0.25, 0.3) is 94.7 Å². The molecule has 3 heterocycles. The molecule has 10 rings (SSSR count). The van der Waals surface area contributed by atoms with Gasteiger partial charge in [-0.3, -0.25) is 0 Å². The van der Waals surface area contributed by atoms with Gasteiger partial charge in [-0.25, -0.2) is 15.0 Å². The maximum atomic E-state index is 8.62. The molecule has 0 aliphatic rings. The summed E-state index contributed by atoms with van der Waals surface area (Å²) in [6.07, 6.45) is 0. The lowest BCUT2D eigenvalue weighted by Crippen LogP contribution is -2.00. The molecule has 0 saturated carbocycles. The van der Waals surface area contributed by atoms with Crippen molar-refractivity contribution in [3.8, 4) is 51.0 Å². The van der Waals surface area contributed by atoms with Crippen molar-refractivity contribution in [2.45, 2.75) is 0 Å². The van der Waals surface area contributed by atoms with E-state index in [1.807, 2.05) is 60.7 Å². The molecule has 0 N–H and O–H groups in total. The van der Waals surface area contributed by atoms with Gasteiger partial charge in [-0.2, -0.15) is 0 Å². The minimum atomic E-state index is -0.482. The summed E-state index contributed by atoms with van der Waals surface area (Å²) in [5.74, 6) is 0.568. The van der Waals surface area contributed by atoms with E-state index in [0.717, 1.165) is 49.6 Å². The SMILES string of the molecule is [2H]c1c([2H])c([2H])c(-c2nc(-c3ccccc3)nc(-c3ccc4c(c3)oc3c(-c5ccc6c(c5)c5ccccc5n6-c5ccccc5)cccc34)n2)c([2H])c1[2H]. The Labute approximate surface area is 294 Å². The highest BCUT2D eigenvalue weighted by Gasteiger charge is 2.18. The minimum absolute atomic E-state index is 0.0168. The summed E-state index contributed by atoms with van der Waals surface area (Å²) in [5.41, 5.74) is 7.96. The Morgan fingerprint density at radius 3 is 1.94 bits per heavy atom. The van der Waals surface area contributed by atoms with Crippen molar-refractivity contribution in [3.05, 3.63) is 170 Å². The lowest BCUT2D eigenvalue weighted by Gasteiger charge is -2.08. The first-order valence-electron chi connectivity index (χ1n) is 18.8. The molecule has 0 fully saturated rings. The number of fused-ring (bicyclic) bond motifs is 6. The van der Waals surface area contributed by atoms with Gasteiger partial charge < -0.3 is 8.98 Å². The zero-order chi connectivity index (χ0) is 37.4. The lowest BCUT2D eigenvalue weighted by molar-refractivity contribution is 0.670. The first-order valence-corrected chi connectivity index (χ1v) is 16.3. The van der Waals surface area contributed by atoms with Crippen LogP contribution in [-0.2, 0) is 0 Å². The molecule has 0 atom stereocenters. The van der Waals surface area contributed by atoms with E-state index >= 15 is 0 Å².